The maximum Gasteiger partial charge on any atom is 0.373 e. The van der Waals surface area contributed by atoms with Crippen LogP contribution in [0.5, 0.6) is 11.5 Å². The molecule has 0 aliphatic carbocycles. The molecule has 1 aromatic carbocycles. The fourth-order valence-corrected chi connectivity index (χ4v) is 3.94. The third-order valence-electron chi connectivity index (χ3n) is 4.64. The Labute approximate surface area is 216 Å². The van der Waals surface area contributed by atoms with Gasteiger partial charge in [-0.25, -0.2) is 14.4 Å². The topological polar surface area (TPSA) is 134 Å². The van der Waals surface area contributed by atoms with Crippen LogP contribution in [0.1, 0.15) is 28.8 Å². The van der Waals surface area contributed by atoms with Gasteiger partial charge in [0.2, 0.25) is 5.76 Å². The van der Waals surface area contributed by atoms with Gasteiger partial charge in [-0.05, 0) is 68.6 Å². The molecule has 1 saturated heterocycles. The molecule has 11 nitrogen and oxygen atoms in total. The number of methoxy groups -OCH3 is 2. The highest BCUT2D eigenvalue weighted by molar-refractivity contribution is 9.13. The average Bonchev–Trinajstić information content (AvgIpc) is 3.42. The van der Waals surface area contributed by atoms with Crippen molar-refractivity contribution in [2.75, 3.05) is 27.4 Å². The van der Waals surface area contributed by atoms with Gasteiger partial charge >= 0.3 is 18.0 Å². The van der Waals surface area contributed by atoms with Crippen LogP contribution < -0.4 is 14.8 Å². The Bertz CT molecular complexity index is 1210. The second-order valence-corrected chi connectivity index (χ2v) is 8.44. The molecule has 0 radical (unpaired) electrons. The number of hydrogen-bond donors (Lipinski definition) is 1. The van der Waals surface area contributed by atoms with Gasteiger partial charge in [-0.1, -0.05) is 0 Å². The molecule has 0 saturated carbocycles. The summed E-state index contributed by atoms with van der Waals surface area (Å²) in [5, 5.41) is 2.52. The molecule has 1 aromatic heterocycles. The molecule has 2 heterocycles. The molecule has 1 aliphatic heterocycles. The van der Waals surface area contributed by atoms with Gasteiger partial charge in [0, 0.05) is 4.47 Å². The van der Waals surface area contributed by atoms with Crippen molar-refractivity contribution in [2.24, 2.45) is 0 Å². The number of benzene rings is 1. The van der Waals surface area contributed by atoms with Gasteiger partial charge in [-0.3, -0.25) is 9.69 Å². The Morgan fingerprint density at radius 3 is 2.51 bits per heavy atom. The van der Waals surface area contributed by atoms with Gasteiger partial charge in [0.25, 0.3) is 5.91 Å². The highest BCUT2D eigenvalue weighted by Crippen LogP contribution is 2.43. The van der Waals surface area contributed by atoms with Crippen molar-refractivity contribution < 1.29 is 42.5 Å². The summed E-state index contributed by atoms with van der Waals surface area (Å²) in [5.41, 5.74) is 0.496. The van der Waals surface area contributed by atoms with E-state index in [4.69, 9.17) is 13.9 Å². The van der Waals surface area contributed by atoms with Gasteiger partial charge in [0.05, 0.1) is 31.8 Å². The summed E-state index contributed by atoms with van der Waals surface area (Å²) in [5.74, 6) is -1.10. The van der Waals surface area contributed by atoms with E-state index in [0.717, 1.165) is 4.90 Å². The second kappa shape index (κ2) is 11.4. The van der Waals surface area contributed by atoms with Crippen LogP contribution in [0.25, 0.3) is 6.08 Å². The molecule has 3 rings (SSSR count). The Balaban J connectivity index is 1.87. The van der Waals surface area contributed by atoms with Crippen LogP contribution in [0.4, 0.5) is 4.79 Å². The predicted molar refractivity (Wildman–Crippen MR) is 128 cm³/mol. The average molecular weight is 616 g/mol. The van der Waals surface area contributed by atoms with Crippen LogP contribution in [-0.4, -0.2) is 56.2 Å². The second-order valence-electron chi connectivity index (χ2n) is 6.86. The van der Waals surface area contributed by atoms with Crippen LogP contribution in [0, 0.1) is 0 Å². The van der Waals surface area contributed by atoms with Crippen LogP contribution in [0.2, 0.25) is 0 Å². The van der Waals surface area contributed by atoms with Gasteiger partial charge in [-0.2, -0.15) is 0 Å². The third-order valence-corrected chi connectivity index (χ3v) is 6.79. The predicted octanol–water partition coefficient (Wildman–Crippen LogP) is 3.63. The van der Waals surface area contributed by atoms with E-state index in [9.17, 15) is 19.2 Å². The zero-order chi connectivity index (χ0) is 25.7. The fourth-order valence-electron chi connectivity index (χ4n) is 3.00. The number of furan rings is 1. The number of rotatable bonds is 9. The van der Waals surface area contributed by atoms with Crippen LogP contribution in [-0.2, 0) is 25.6 Å². The van der Waals surface area contributed by atoms with Crippen molar-refractivity contribution in [3.05, 3.63) is 49.9 Å². The first-order valence-electron chi connectivity index (χ1n) is 10.1. The lowest BCUT2D eigenvalue weighted by Gasteiger charge is -2.16. The SMILES string of the molecule is CCOc1cc(/C=C2\NC(=O)N(Cc3ccc(C(=O)OC)o3)C2=O)c(Br)c(Br)c1OCC(=O)OC. The molecule has 1 fully saturated rings. The van der Waals surface area contributed by atoms with Gasteiger partial charge in [-0.15, -0.1) is 0 Å². The van der Waals surface area contributed by atoms with Crippen LogP contribution in [0.15, 0.2) is 37.3 Å². The highest BCUT2D eigenvalue weighted by atomic mass is 79.9. The number of ether oxygens (including phenoxy) is 4. The molecule has 0 unspecified atom stereocenters. The van der Waals surface area contributed by atoms with E-state index in [0.29, 0.717) is 26.9 Å². The fraction of sp³-hybridized carbons (Fsp3) is 0.273. The molecule has 35 heavy (non-hydrogen) atoms. The zero-order valence-corrected chi connectivity index (χ0v) is 22.0. The standard InChI is InChI=1S/C22H20Br2N2O9/c1-4-33-15-8-11(17(23)18(24)19(15)34-10-16(27)31-2)7-13-20(28)26(22(30)25-13)9-12-5-6-14(35-12)21(29)32-3/h5-8H,4,9-10H2,1-3H3,(H,25,30)/b13-7-. The van der Waals surface area contributed by atoms with Crippen molar-refractivity contribution in [1.29, 1.82) is 0 Å². The summed E-state index contributed by atoms with van der Waals surface area (Å²) in [4.78, 5) is 49.3. The normalized spacial score (nSPS) is 14.2. The highest BCUT2D eigenvalue weighted by Gasteiger charge is 2.35. The number of nitrogens with zero attached hydrogens (tertiary/aromatic N) is 1. The maximum atomic E-state index is 12.9. The summed E-state index contributed by atoms with van der Waals surface area (Å²) in [6, 6.07) is 3.80. The summed E-state index contributed by atoms with van der Waals surface area (Å²) < 4.78 is 26.6. The van der Waals surface area contributed by atoms with Gasteiger partial charge in [0.15, 0.2) is 18.1 Å². The Morgan fingerprint density at radius 1 is 1.11 bits per heavy atom. The minimum absolute atomic E-state index is 0.00743. The Kier molecular flexibility index (Phi) is 8.57. The van der Waals surface area contributed by atoms with Crippen molar-refractivity contribution >= 4 is 61.8 Å². The van der Waals surface area contributed by atoms with E-state index in [2.05, 4.69) is 46.7 Å². The van der Waals surface area contributed by atoms with E-state index in [1.165, 1.54) is 32.4 Å². The molecule has 0 spiro atoms. The number of carbonyl (C=O) groups excluding carboxylic acids is 4. The van der Waals surface area contributed by atoms with Crippen LogP contribution >= 0.6 is 31.9 Å². The zero-order valence-electron chi connectivity index (χ0n) is 18.8. The molecule has 0 bridgehead atoms. The molecular weight excluding hydrogens is 596 g/mol. The number of amides is 3. The quantitative estimate of drug-likeness (QED) is 0.255. The third kappa shape index (κ3) is 5.85. The first kappa shape index (κ1) is 26.3. The molecule has 13 heteroatoms. The lowest BCUT2D eigenvalue weighted by atomic mass is 10.1. The van der Waals surface area contributed by atoms with E-state index in [1.54, 1.807) is 13.0 Å². The van der Waals surface area contributed by atoms with Crippen molar-refractivity contribution in [1.82, 2.24) is 10.2 Å². The number of esters is 2. The van der Waals surface area contributed by atoms with Crippen LogP contribution in [0.3, 0.4) is 0 Å². The minimum atomic E-state index is -0.673. The first-order chi connectivity index (χ1) is 16.7. The van der Waals surface area contributed by atoms with Crippen molar-refractivity contribution in [3.63, 3.8) is 0 Å². The Morgan fingerprint density at radius 2 is 1.86 bits per heavy atom. The van der Waals surface area contributed by atoms with E-state index in [-0.39, 0.29) is 36.1 Å². The minimum Gasteiger partial charge on any atom is -0.490 e. The number of imide groups is 1. The number of carbonyl (C=O) groups is 4. The lowest BCUT2D eigenvalue weighted by Crippen LogP contribution is -2.30. The molecule has 1 N–H and O–H groups in total. The summed E-state index contributed by atoms with van der Waals surface area (Å²) in [6.07, 6.45) is 1.46. The largest absolute Gasteiger partial charge is 0.490 e. The monoisotopic (exact) mass is 614 g/mol. The molecular formula is C22H20Br2N2O9. The first-order valence-corrected chi connectivity index (χ1v) is 11.6. The molecule has 1 aliphatic rings. The summed E-state index contributed by atoms with van der Waals surface area (Å²) >= 11 is 6.85. The number of urea groups is 1. The molecule has 186 valence electrons. The van der Waals surface area contributed by atoms with E-state index >= 15 is 0 Å². The molecule has 2 aromatic rings. The van der Waals surface area contributed by atoms with Gasteiger partial charge in [0.1, 0.15) is 11.5 Å². The number of nitrogens with one attached hydrogen (secondary N) is 1. The molecule has 0 atom stereocenters. The number of hydrogen-bond acceptors (Lipinski definition) is 9. The molecule has 3 amide bonds. The smallest absolute Gasteiger partial charge is 0.373 e. The van der Waals surface area contributed by atoms with E-state index in [1.807, 2.05) is 0 Å². The lowest BCUT2D eigenvalue weighted by molar-refractivity contribution is -0.143. The summed E-state index contributed by atoms with van der Waals surface area (Å²) in [6.45, 7) is 1.56. The maximum absolute atomic E-state index is 12.9. The number of halogens is 2. The van der Waals surface area contributed by atoms with Crippen molar-refractivity contribution in [2.45, 2.75) is 13.5 Å². The van der Waals surface area contributed by atoms with Crippen molar-refractivity contribution in [3.8, 4) is 11.5 Å². The Hall–Kier alpha value is -3.32. The summed E-state index contributed by atoms with van der Waals surface area (Å²) in [7, 11) is 2.46. The van der Waals surface area contributed by atoms with Gasteiger partial charge < -0.3 is 28.7 Å². The van der Waals surface area contributed by atoms with E-state index < -0.39 is 23.9 Å².